The smallest absolute Gasteiger partial charge is 0.0714 e. The van der Waals surface area contributed by atoms with Gasteiger partial charge in [0, 0.05) is 17.1 Å². The number of nitrogens with zero attached hydrogens (tertiary/aromatic N) is 1. The molecule has 4 rings (SSSR count). The Labute approximate surface area is 162 Å². The molecular weight excluding hydrogens is 326 g/mol. The molecule has 1 heterocycles. The minimum Gasteiger partial charge on any atom is -0.256 e. The topological polar surface area (TPSA) is 12.9 Å². The van der Waals surface area contributed by atoms with Crippen LogP contribution in [0.4, 0.5) is 0 Å². The summed E-state index contributed by atoms with van der Waals surface area (Å²) in [5.41, 5.74) is 5.09. The van der Waals surface area contributed by atoms with Gasteiger partial charge in [-0.15, -0.1) is 0 Å². The molecular formula is C26H27N. The van der Waals surface area contributed by atoms with E-state index in [1.807, 2.05) is 6.20 Å². The van der Waals surface area contributed by atoms with Crippen LogP contribution >= 0.6 is 0 Å². The highest BCUT2D eigenvalue weighted by Gasteiger charge is 2.17. The van der Waals surface area contributed by atoms with E-state index in [0.717, 1.165) is 5.69 Å². The Bertz CT molecular complexity index is 1130. The van der Waals surface area contributed by atoms with Gasteiger partial charge in [-0.2, -0.15) is 0 Å². The molecule has 0 saturated carbocycles. The fourth-order valence-corrected chi connectivity index (χ4v) is 3.86. The monoisotopic (exact) mass is 353 g/mol. The number of rotatable bonds is 2. The van der Waals surface area contributed by atoms with Crippen molar-refractivity contribution in [3.8, 4) is 11.3 Å². The first-order chi connectivity index (χ1) is 12.8. The van der Waals surface area contributed by atoms with Crippen LogP contribution < -0.4 is 0 Å². The molecule has 1 heteroatoms. The Morgan fingerprint density at radius 1 is 0.778 bits per heavy atom. The van der Waals surface area contributed by atoms with Crippen LogP contribution in [0.15, 0.2) is 66.9 Å². The average molecular weight is 354 g/mol. The van der Waals surface area contributed by atoms with Gasteiger partial charge < -0.3 is 0 Å². The standard InChI is InChI=1S/C26H27N/c1-17(2)18-12-13-21-19(14-18)8-6-10-22(21)25-15-23-20(16-27-25)9-7-11-24(23)26(3,4)5/h6-17H,1-5H3. The molecule has 0 aliphatic heterocycles. The number of benzene rings is 3. The van der Waals surface area contributed by atoms with Crippen LogP contribution in [0.3, 0.4) is 0 Å². The molecule has 27 heavy (non-hydrogen) atoms. The molecule has 1 aromatic heterocycles. The van der Waals surface area contributed by atoms with E-state index in [0.29, 0.717) is 5.92 Å². The van der Waals surface area contributed by atoms with Gasteiger partial charge in [-0.05, 0) is 44.7 Å². The summed E-state index contributed by atoms with van der Waals surface area (Å²) in [6, 6.07) is 22.1. The van der Waals surface area contributed by atoms with Crippen LogP contribution in [0.5, 0.6) is 0 Å². The molecule has 0 spiro atoms. The van der Waals surface area contributed by atoms with Crippen molar-refractivity contribution < 1.29 is 0 Å². The summed E-state index contributed by atoms with van der Waals surface area (Å²) in [4.78, 5) is 4.81. The maximum Gasteiger partial charge on any atom is 0.0714 e. The van der Waals surface area contributed by atoms with E-state index in [4.69, 9.17) is 4.98 Å². The molecule has 0 bridgehead atoms. The molecule has 0 fully saturated rings. The fraction of sp³-hybridized carbons (Fsp3) is 0.269. The van der Waals surface area contributed by atoms with Crippen LogP contribution in [0.2, 0.25) is 0 Å². The van der Waals surface area contributed by atoms with Crippen LogP contribution in [-0.2, 0) is 5.41 Å². The molecule has 0 atom stereocenters. The van der Waals surface area contributed by atoms with E-state index in [1.165, 1.54) is 38.2 Å². The molecule has 0 radical (unpaired) electrons. The third kappa shape index (κ3) is 3.23. The Kier molecular flexibility index (Phi) is 4.26. The molecule has 0 saturated heterocycles. The van der Waals surface area contributed by atoms with Crippen molar-refractivity contribution in [1.82, 2.24) is 4.98 Å². The highest BCUT2D eigenvalue weighted by atomic mass is 14.7. The molecule has 0 N–H and O–H groups in total. The van der Waals surface area contributed by atoms with Gasteiger partial charge in [0.2, 0.25) is 0 Å². The SMILES string of the molecule is CC(C)c1ccc2c(-c3cc4c(C(C)(C)C)cccc4cn3)cccc2c1. The predicted molar refractivity (Wildman–Crippen MR) is 117 cm³/mol. The molecule has 1 nitrogen and oxygen atoms in total. The van der Waals surface area contributed by atoms with E-state index in [2.05, 4.69) is 95.3 Å². The maximum atomic E-state index is 4.81. The molecule has 0 aliphatic carbocycles. The van der Waals surface area contributed by atoms with E-state index in [1.54, 1.807) is 0 Å². The van der Waals surface area contributed by atoms with Crippen molar-refractivity contribution in [3.63, 3.8) is 0 Å². The first-order valence-corrected chi connectivity index (χ1v) is 9.77. The van der Waals surface area contributed by atoms with Gasteiger partial charge in [0.1, 0.15) is 0 Å². The second-order valence-electron chi connectivity index (χ2n) is 8.79. The Morgan fingerprint density at radius 2 is 1.52 bits per heavy atom. The fourth-order valence-electron chi connectivity index (χ4n) is 3.86. The van der Waals surface area contributed by atoms with Gasteiger partial charge in [-0.1, -0.05) is 89.2 Å². The van der Waals surface area contributed by atoms with Crippen LogP contribution in [0.25, 0.3) is 32.8 Å². The summed E-state index contributed by atoms with van der Waals surface area (Å²) in [5, 5.41) is 5.05. The number of aromatic nitrogens is 1. The van der Waals surface area contributed by atoms with Gasteiger partial charge in [0.25, 0.3) is 0 Å². The van der Waals surface area contributed by atoms with Crippen LogP contribution in [-0.4, -0.2) is 4.98 Å². The summed E-state index contributed by atoms with van der Waals surface area (Å²) in [5.74, 6) is 0.534. The maximum absolute atomic E-state index is 4.81. The summed E-state index contributed by atoms with van der Waals surface area (Å²) < 4.78 is 0. The van der Waals surface area contributed by atoms with Crippen molar-refractivity contribution in [2.75, 3.05) is 0 Å². The van der Waals surface area contributed by atoms with E-state index < -0.39 is 0 Å². The summed E-state index contributed by atoms with van der Waals surface area (Å²) in [7, 11) is 0. The summed E-state index contributed by atoms with van der Waals surface area (Å²) in [6.45, 7) is 11.3. The lowest BCUT2D eigenvalue weighted by molar-refractivity contribution is 0.596. The zero-order valence-corrected chi connectivity index (χ0v) is 16.9. The Morgan fingerprint density at radius 3 is 2.26 bits per heavy atom. The average Bonchev–Trinajstić information content (AvgIpc) is 2.65. The third-order valence-electron chi connectivity index (χ3n) is 5.42. The summed E-state index contributed by atoms with van der Waals surface area (Å²) >= 11 is 0. The molecule has 136 valence electrons. The van der Waals surface area contributed by atoms with Crippen LogP contribution in [0.1, 0.15) is 51.7 Å². The van der Waals surface area contributed by atoms with Crippen molar-refractivity contribution in [2.45, 2.75) is 46.0 Å². The van der Waals surface area contributed by atoms with Gasteiger partial charge in [0.15, 0.2) is 0 Å². The second kappa shape index (κ2) is 6.49. The predicted octanol–water partition coefficient (Wildman–Crippen LogP) is 7.48. The molecule has 4 aromatic rings. The molecule has 0 aliphatic rings. The Hall–Kier alpha value is -2.67. The zero-order valence-electron chi connectivity index (χ0n) is 16.9. The van der Waals surface area contributed by atoms with Gasteiger partial charge in [-0.25, -0.2) is 0 Å². The second-order valence-corrected chi connectivity index (χ2v) is 8.79. The van der Waals surface area contributed by atoms with Gasteiger partial charge in [-0.3, -0.25) is 4.98 Å². The third-order valence-corrected chi connectivity index (χ3v) is 5.42. The number of fused-ring (bicyclic) bond motifs is 2. The highest BCUT2D eigenvalue weighted by Crippen LogP contribution is 2.34. The lowest BCUT2D eigenvalue weighted by atomic mass is 9.83. The lowest BCUT2D eigenvalue weighted by Crippen LogP contribution is -2.11. The number of hydrogen-bond acceptors (Lipinski definition) is 1. The normalized spacial score (nSPS) is 12.2. The van der Waals surface area contributed by atoms with Gasteiger partial charge >= 0.3 is 0 Å². The van der Waals surface area contributed by atoms with E-state index >= 15 is 0 Å². The summed E-state index contributed by atoms with van der Waals surface area (Å²) in [6.07, 6.45) is 2.02. The minimum absolute atomic E-state index is 0.100. The number of hydrogen-bond donors (Lipinski definition) is 0. The quantitative estimate of drug-likeness (QED) is 0.364. The van der Waals surface area contributed by atoms with Crippen molar-refractivity contribution in [2.24, 2.45) is 0 Å². The zero-order chi connectivity index (χ0) is 19.2. The first-order valence-electron chi connectivity index (χ1n) is 9.77. The first kappa shape index (κ1) is 17.7. The molecule has 0 unspecified atom stereocenters. The molecule has 0 amide bonds. The molecule has 3 aromatic carbocycles. The van der Waals surface area contributed by atoms with Crippen molar-refractivity contribution >= 4 is 21.5 Å². The number of pyridine rings is 1. The minimum atomic E-state index is 0.100. The lowest BCUT2D eigenvalue weighted by Gasteiger charge is -2.21. The van der Waals surface area contributed by atoms with E-state index in [9.17, 15) is 0 Å². The van der Waals surface area contributed by atoms with Crippen molar-refractivity contribution in [3.05, 3.63) is 78.0 Å². The van der Waals surface area contributed by atoms with Crippen molar-refractivity contribution in [1.29, 1.82) is 0 Å². The largest absolute Gasteiger partial charge is 0.256 e. The highest BCUT2D eigenvalue weighted by molar-refractivity contribution is 5.98. The Balaban J connectivity index is 1.95. The van der Waals surface area contributed by atoms with E-state index in [-0.39, 0.29) is 5.41 Å². The van der Waals surface area contributed by atoms with Gasteiger partial charge in [0.05, 0.1) is 5.69 Å². The van der Waals surface area contributed by atoms with Crippen LogP contribution in [0, 0.1) is 0 Å².